The zero-order valence-electron chi connectivity index (χ0n) is 15.7. The van der Waals surface area contributed by atoms with Crippen LogP contribution in [-0.4, -0.2) is 39.8 Å². The molecule has 3 amide bonds. The lowest BCUT2D eigenvalue weighted by Gasteiger charge is -2.16. The largest absolute Gasteiger partial charge is 0.416 e. The maximum Gasteiger partial charge on any atom is 0.388 e. The summed E-state index contributed by atoms with van der Waals surface area (Å²) in [4.78, 5) is 24.5. The third kappa shape index (κ3) is 5.68. The van der Waals surface area contributed by atoms with Crippen LogP contribution in [0.3, 0.4) is 0 Å². The first-order valence-corrected chi connectivity index (χ1v) is 9.75. The summed E-state index contributed by atoms with van der Waals surface area (Å²) in [7, 11) is 1.35. The normalized spacial score (nSPS) is 11.5. The quantitative estimate of drug-likeness (QED) is 0.400. The van der Waals surface area contributed by atoms with Crippen LogP contribution in [0, 0.1) is 0 Å². The molecule has 31 heavy (non-hydrogen) atoms. The molecule has 0 spiro atoms. The molecule has 2 N–H and O–H groups in total. The van der Waals surface area contributed by atoms with Gasteiger partial charge in [-0.3, -0.25) is 9.69 Å². The van der Waals surface area contributed by atoms with Gasteiger partial charge in [0.15, 0.2) is 0 Å². The molecule has 13 heteroatoms. The Morgan fingerprint density at radius 1 is 1.32 bits per heavy atom. The fourth-order valence-electron chi connectivity index (χ4n) is 2.45. The maximum absolute atomic E-state index is 12.6. The fourth-order valence-corrected chi connectivity index (χ4v) is 3.51. The van der Waals surface area contributed by atoms with Crippen molar-refractivity contribution in [3.05, 3.63) is 50.5 Å². The van der Waals surface area contributed by atoms with Crippen LogP contribution in [0.2, 0.25) is 15.1 Å². The minimum atomic E-state index is -3.12. The molecule has 0 aliphatic heterocycles. The minimum absolute atomic E-state index is 0.0315. The van der Waals surface area contributed by atoms with Crippen LogP contribution in [0.1, 0.15) is 5.56 Å². The second-order valence-corrected chi connectivity index (χ2v) is 7.46. The van der Waals surface area contributed by atoms with Crippen molar-refractivity contribution < 1.29 is 23.1 Å². The van der Waals surface area contributed by atoms with Crippen molar-refractivity contribution in [1.82, 2.24) is 14.7 Å². The summed E-state index contributed by atoms with van der Waals surface area (Å²) in [5.41, 5.74) is 5.62. The number of aryl methyl sites for hydroxylation is 1. The van der Waals surface area contributed by atoms with E-state index in [9.17, 15) is 18.4 Å². The Bertz CT molecular complexity index is 1070. The smallest absolute Gasteiger partial charge is 0.388 e. The Hall–Kier alpha value is -2.33. The summed E-state index contributed by atoms with van der Waals surface area (Å²) < 4.78 is 30.6. The molecule has 166 valence electrons. The SMILES string of the molecule is C=CCN(C(N)=O)C(=O)C(Cl)=Cc1cc(-c2nn(C)c(OC(F)F)c2Cl)c(Cl)cc1Cl. The van der Waals surface area contributed by atoms with Crippen molar-refractivity contribution in [2.75, 3.05) is 6.54 Å². The third-order valence-electron chi connectivity index (χ3n) is 3.79. The number of ether oxygens (including phenoxy) is 1. The molecule has 0 radical (unpaired) electrons. The molecular formula is C18H14Cl4F2N4O3. The van der Waals surface area contributed by atoms with Crippen molar-refractivity contribution in [2.45, 2.75) is 6.61 Å². The van der Waals surface area contributed by atoms with E-state index in [0.29, 0.717) is 4.90 Å². The summed E-state index contributed by atoms with van der Waals surface area (Å²) in [6.45, 7) is 0.159. The van der Waals surface area contributed by atoms with Gasteiger partial charge in [0.25, 0.3) is 5.91 Å². The van der Waals surface area contributed by atoms with Crippen molar-refractivity contribution >= 4 is 64.4 Å². The second kappa shape index (κ2) is 10.3. The van der Waals surface area contributed by atoms with Gasteiger partial charge in [-0.05, 0) is 23.8 Å². The van der Waals surface area contributed by atoms with Gasteiger partial charge in [-0.25, -0.2) is 9.48 Å². The lowest BCUT2D eigenvalue weighted by Crippen LogP contribution is -2.40. The predicted octanol–water partition coefficient (Wildman–Crippen LogP) is 5.32. The molecule has 0 atom stereocenters. The van der Waals surface area contributed by atoms with Crippen LogP contribution in [0.25, 0.3) is 17.3 Å². The van der Waals surface area contributed by atoms with Gasteiger partial charge in [0, 0.05) is 24.2 Å². The van der Waals surface area contributed by atoms with Gasteiger partial charge in [0.05, 0.1) is 5.02 Å². The first-order chi connectivity index (χ1) is 14.5. The Labute approximate surface area is 195 Å². The van der Waals surface area contributed by atoms with E-state index in [2.05, 4.69) is 16.4 Å². The van der Waals surface area contributed by atoms with Crippen molar-refractivity contribution in [3.63, 3.8) is 0 Å². The number of imide groups is 1. The highest BCUT2D eigenvalue weighted by Gasteiger charge is 2.24. The molecule has 0 saturated carbocycles. The summed E-state index contributed by atoms with van der Waals surface area (Å²) >= 11 is 24.6. The first kappa shape index (κ1) is 24.9. The number of benzene rings is 1. The van der Waals surface area contributed by atoms with Gasteiger partial charge < -0.3 is 10.5 Å². The van der Waals surface area contributed by atoms with E-state index in [4.69, 9.17) is 52.1 Å². The number of hydrogen-bond acceptors (Lipinski definition) is 4. The number of alkyl halides is 2. The summed E-state index contributed by atoms with van der Waals surface area (Å²) in [6.07, 6.45) is 2.47. The van der Waals surface area contributed by atoms with Crippen molar-refractivity contribution in [2.24, 2.45) is 12.8 Å². The van der Waals surface area contributed by atoms with Gasteiger partial charge in [-0.1, -0.05) is 52.5 Å². The number of nitrogens with two attached hydrogens (primary N) is 1. The van der Waals surface area contributed by atoms with Crippen molar-refractivity contribution in [3.8, 4) is 17.1 Å². The maximum atomic E-state index is 12.6. The molecule has 2 rings (SSSR count). The van der Waals surface area contributed by atoms with Gasteiger partial charge in [0.1, 0.15) is 15.7 Å². The molecule has 1 aromatic heterocycles. The van der Waals surface area contributed by atoms with Gasteiger partial charge in [0.2, 0.25) is 5.88 Å². The Morgan fingerprint density at radius 3 is 2.52 bits per heavy atom. The average Bonchev–Trinajstić information content (AvgIpc) is 2.95. The summed E-state index contributed by atoms with van der Waals surface area (Å²) in [5.74, 6) is -1.25. The first-order valence-electron chi connectivity index (χ1n) is 8.24. The van der Waals surface area contributed by atoms with Crippen LogP contribution in [-0.2, 0) is 11.8 Å². The molecule has 0 saturated heterocycles. The van der Waals surface area contributed by atoms with E-state index in [-0.39, 0.29) is 49.3 Å². The molecular weight excluding hydrogens is 500 g/mol. The minimum Gasteiger partial charge on any atom is -0.416 e. The molecule has 0 fully saturated rings. The average molecular weight is 514 g/mol. The number of halogens is 6. The van der Waals surface area contributed by atoms with Crippen LogP contribution in [0.5, 0.6) is 5.88 Å². The second-order valence-electron chi connectivity index (χ2n) is 5.86. The number of primary amides is 1. The highest BCUT2D eigenvalue weighted by molar-refractivity contribution is 6.45. The fraction of sp³-hybridized carbons (Fsp3) is 0.167. The van der Waals surface area contributed by atoms with Gasteiger partial charge >= 0.3 is 12.6 Å². The number of urea groups is 1. The summed E-state index contributed by atoms with van der Waals surface area (Å²) in [6, 6.07) is 1.70. The van der Waals surface area contributed by atoms with E-state index in [1.807, 2.05) is 0 Å². The lowest BCUT2D eigenvalue weighted by molar-refractivity contribution is -0.123. The molecule has 2 aromatic rings. The summed E-state index contributed by atoms with van der Waals surface area (Å²) in [5, 5.41) is 3.65. The standard InChI is InChI=1S/C18H14Cl4F2N4O3/c1-3-4-28(18(25)30)15(29)12(21)6-8-5-9(11(20)7-10(8)19)14-13(22)16(27(2)26-14)31-17(23)24/h3,5-7,17H,1,4H2,2H3,(H2,25,30). The number of aromatic nitrogens is 2. The van der Waals surface area contributed by atoms with Gasteiger partial charge in [-0.2, -0.15) is 13.9 Å². The Balaban J connectivity index is 2.53. The van der Waals surface area contributed by atoms with E-state index in [0.717, 1.165) is 4.68 Å². The number of nitrogens with zero attached hydrogens (tertiary/aromatic N) is 3. The third-order valence-corrected chi connectivity index (χ3v) is 5.04. The molecule has 0 bridgehead atoms. The highest BCUT2D eigenvalue weighted by Crippen LogP contribution is 2.40. The van der Waals surface area contributed by atoms with E-state index in [1.165, 1.54) is 31.3 Å². The van der Waals surface area contributed by atoms with Crippen molar-refractivity contribution in [1.29, 1.82) is 0 Å². The Kier molecular flexibility index (Phi) is 8.30. The number of amides is 3. The zero-order chi connectivity index (χ0) is 23.5. The van der Waals surface area contributed by atoms with E-state index < -0.39 is 18.5 Å². The van der Waals surface area contributed by atoms with E-state index >= 15 is 0 Å². The Morgan fingerprint density at radius 2 is 1.97 bits per heavy atom. The van der Waals surface area contributed by atoms with Crippen LogP contribution in [0.4, 0.5) is 13.6 Å². The monoisotopic (exact) mass is 512 g/mol. The molecule has 1 aromatic carbocycles. The van der Waals surface area contributed by atoms with Crippen LogP contribution >= 0.6 is 46.4 Å². The number of carbonyl (C=O) groups excluding carboxylic acids is 2. The topological polar surface area (TPSA) is 90.5 Å². The molecule has 0 aliphatic carbocycles. The molecule has 1 heterocycles. The number of carbonyl (C=O) groups is 2. The van der Waals surface area contributed by atoms with E-state index in [1.54, 1.807) is 0 Å². The van der Waals surface area contributed by atoms with Crippen LogP contribution in [0.15, 0.2) is 29.8 Å². The molecule has 0 aliphatic rings. The van der Waals surface area contributed by atoms with Crippen LogP contribution < -0.4 is 10.5 Å². The zero-order valence-corrected chi connectivity index (χ0v) is 18.7. The van der Waals surface area contributed by atoms with Gasteiger partial charge in [-0.15, -0.1) is 6.58 Å². The number of rotatable bonds is 7. The number of hydrogen-bond donors (Lipinski definition) is 1. The highest BCUT2D eigenvalue weighted by atomic mass is 35.5. The molecule has 7 nitrogen and oxygen atoms in total. The predicted molar refractivity (Wildman–Crippen MR) is 116 cm³/mol. The molecule has 0 unspecified atom stereocenters. The lowest BCUT2D eigenvalue weighted by atomic mass is 10.1.